The van der Waals surface area contributed by atoms with Crippen LogP contribution in [0, 0.1) is 0 Å². The first-order chi connectivity index (χ1) is 10.5. The van der Waals surface area contributed by atoms with Crippen molar-refractivity contribution < 1.29 is 19.2 Å². The number of ether oxygens (including phenoxy) is 1. The number of hydroxylamine groups is 2. The largest absolute Gasteiger partial charge is 0.403 e. The number of nitrogens with two attached hydrogens (primary N) is 1. The molecule has 2 aliphatic rings. The summed E-state index contributed by atoms with van der Waals surface area (Å²) >= 11 is 1.43. The summed E-state index contributed by atoms with van der Waals surface area (Å²) in [6, 6.07) is 0. The molecule has 0 radical (unpaired) electrons. The molecular formula is C14H19N3O4S. The SMILES string of the molecule is COCCN1C(=O)CC[C@@](C)(N2Cc3c(csc3N)O2)C1=O. The Morgan fingerprint density at radius 1 is 1.50 bits per heavy atom. The fourth-order valence-electron chi connectivity index (χ4n) is 2.82. The molecule has 1 atom stereocenters. The third-order valence-electron chi connectivity index (χ3n) is 4.30. The fourth-order valence-corrected chi connectivity index (χ4v) is 3.55. The highest BCUT2D eigenvalue weighted by Gasteiger charge is 2.51. The minimum absolute atomic E-state index is 0.160. The number of carbonyl (C=O) groups is 2. The van der Waals surface area contributed by atoms with Crippen molar-refractivity contribution in [2.24, 2.45) is 0 Å². The number of piperidine rings is 1. The van der Waals surface area contributed by atoms with Crippen molar-refractivity contribution >= 4 is 28.2 Å². The lowest BCUT2D eigenvalue weighted by molar-refractivity contribution is -0.183. The standard InChI is InChI=1S/C14H19N3O4S/c1-14(17-7-9-10(21-17)8-22-12(9)15)4-3-11(18)16(13(14)19)5-6-20-2/h8H,3-7,15H2,1-2H3/t14-/m1/s1. The smallest absolute Gasteiger partial charge is 0.252 e. The first-order valence-electron chi connectivity index (χ1n) is 7.12. The second kappa shape index (κ2) is 5.53. The van der Waals surface area contributed by atoms with Gasteiger partial charge >= 0.3 is 0 Å². The Morgan fingerprint density at radius 3 is 2.95 bits per heavy atom. The second-order valence-electron chi connectivity index (χ2n) is 5.69. The molecule has 8 heteroatoms. The fraction of sp³-hybridized carbons (Fsp3) is 0.571. The van der Waals surface area contributed by atoms with Gasteiger partial charge in [0.05, 0.1) is 24.7 Å². The first-order valence-corrected chi connectivity index (χ1v) is 8.00. The van der Waals surface area contributed by atoms with Crippen LogP contribution in [-0.4, -0.2) is 47.6 Å². The van der Waals surface area contributed by atoms with Crippen molar-refractivity contribution in [3.05, 3.63) is 10.9 Å². The number of nitrogens with zero attached hydrogens (tertiary/aromatic N) is 2. The van der Waals surface area contributed by atoms with Crippen molar-refractivity contribution in [3.63, 3.8) is 0 Å². The van der Waals surface area contributed by atoms with Crippen LogP contribution in [0.25, 0.3) is 0 Å². The predicted molar refractivity (Wildman–Crippen MR) is 81.1 cm³/mol. The van der Waals surface area contributed by atoms with Gasteiger partial charge in [-0.1, -0.05) is 0 Å². The highest BCUT2D eigenvalue weighted by Crippen LogP contribution is 2.42. The first kappa shape index (κ1) is 15.3. The Bertz CT molecular complexity index is 617. The number of rotatable bonds is 4. The maximum atomic E-state index is 12.8. The van der Waals surface area contributed by atoms with Crippen molar-refractivity contribution in [2.45, 2.75) is 31.8 Å². The summed E-state index contributed by atoms with van der Waals surface area (Å²) in [5, 5.41) is 4.20. The molecule has 7 nitrogen and oxygen atoms in total. The van der Waals surface area contributed by atoms with Crippen molar-refractivity contribution in [2.75, 3.05) is 26.0 Å². The van der Waals surface area contributed by atoms with Gasteiger partial charge in [0, 0.05) is 24.5 Å². The number of likely N-dealkylation sites (tertiary alicyclic amines) is 1. The van der Waals surface area contributed by atoms with Gasteiger partial charge in [-0.3, -0.25) is 14.5 Å². The predicted octanol–water partition coefficient (Wildman–Crippen LogP) is 0.994. The number of thiophene rings is 1. The zero-order valence-electron chi connectivity index (χ0n) is 12.6. The van der Waals surface area contributed by atoms with E-state index in [2.05, 4.69) is 0 Å². The molecule has 120 valence electrons. The topological polar surface area (TPSA) is 85.1 Å². The molecular weight excluding hydrogens is 306 g/mol. The molecule has 1 fully saturated rings. The molecule has 0 aromatic carbocycles. The normalized spacial score (nSPS) is 25.5. The molecule has 0 unspecified atom stereocenters. The number of carbonyl (C=O) groups excluding carboxylic acids is 2. The number of amides is 2. The van der Waals surface area contributed by atoms with E-state index < -0.39 is 5.54 Å². The van der Waals surface area contributed by atoms with Crippen LogP contribution in [0.5, 0.6) is 5.75 Å². The lowest BCUT2D eigenvalue weighted by Crippen LogP contribution is -2.62. The van der Waals surface area contributed by atoms with E-state index >= 15 is 0 Å². The number of nitrogen functional groups attached to an aromatic ring is 1. The quantitative estimate of drug-likeness (QED) is 0.831. The van der Waals surface area contributed by atoms with E-state index in [0.29, 0.717) is 36.7 Å². The molecule has 3 rings (SSSR count). The Balaban J connectivity index is 1.80. The van der Waals surface area contributed by atoms with E-state index in [0.717, 1.165) is 5.56 Å². The van der Waals surface area contributed by atoms with Crippen LogP contribution in [0.1, 0.15) is 25.3 Å². The molecule has 1 aromatic heterocycles. The third-order valence-corrected chi connectivity index (χ3v) is 5.13. The molecule has 1 aromatic rings. The van der Waals surface area contributed by atoms with Crippen LogP contribution >= 0.6 is 11.3 Å². The highest BCUT2D eigenvalue weighted by molar-refractivity contribution is 7.14. The van der Waals surface area contributed by atoms with Crippen LogP contribution in [0.15, 0.2) is 5.38 Å². The van der Waals surface area contributed by atoms with E-state index in [1.54, 1.807) is 12.2 Å². The number of hydrogen-bond donors (Lipinski definition) is 1. The van der Waals surface area contributed by atoms with Crippen molar-refractivity contribution in [1.29, 1.82) is 0 Å². The van der Waals surface area contributed by atoms with Crippen LogP contribution < -0.4 is 10.6 Å². The van der Waals surface area contributed by atoms with Crippen LogP contribution in [-0.2, 0) is 20.9 Å². The Hall–Kier alpha value is -1.64. The van der Waals surface area contributed by atoms with Gasteiger partial charge in [0.25, 0.3) is 5.91 Å². The molecule has 3 heterocycles. The maximum absolute atomic E-state index is 12.8. The molecule has 2 amide bonds. The van der Waals surface area contributed by atoms with Crippen LogP contribution in [0.3, 0.4) is 0 Å². The van der Waals surface area contributed by atoms with E-state index in [4.69, 9.17) is 15.3 Å². The number of anilines is 1. The minimum atomic E-state index is -0.870. The lowest BCUT2D eigenvalue weighted by atomic mass is 9.89. The monoisotopic (exact) mass is 325 g/mol. The average Bonchev–Trinajstić information content (AvgIpc) is 3.06. The summed E-state index contributed by atoms with van der Waals surface area (Å²) < 4.78 is 4.98. The molecule has 2 N–H and O–H groups in total. The zero-order valence-corrected chi connectivity index (χ0v) is 13.4. The Labute approximate surface area is 132 Å². The Morgan fingerprint density at radius 2 is 2.27 bits per heavy atom. The number of fused-ring (bicyclic) bond motifs is 1. The number of hydrogen-bond acceptors (Lipinski definition) is 7. The molecule has 22 heavy (non-hydrogen) atoms. The van der Waals surface area contributed by atoms with Gasteiger partial charge in [0.2, 0.25) is 5.91 Å². The third kappa shape index (κ3) is 2.27. The van der Waals surface area contributed by atoms with E-state index in [1.165, 1.54) is 16.2 Å². The highest BCUT2D eigenvalue weighted by atomic mass is 32.1. The second-order valence-corrected chi connectivity index (χ2v) is 6.60. The molecule has 1 saturated heterocycles. The van der Waals surface area contributed by atoms with Gasteiger partial charge in [-0.15, -0.1) is 16.4 Å². The summed E-state index contributed by atoms with van der Waals surface area (Å²) in [5.41, 5.74) is 5.97. The molecule has 0 bridgehead atoms. The number of methoxy groups -OCH3 is 1. The summed E-state index contributed by atoms with van der Waals surface area (Å²) in [6.45, 7) is 2.86. The zero-order chi connectivity index (χ0) is 15.9. The number of imide groups is 1. The summed E-state index contributed by atoms with van der Waals surface area (Å²) in [5.74, 6) is 0.303. The molecule has 0 aliphatic carbocycles. The van der Waals surface area contributed by atoms with Gasteiger partial charge in [-0.25, -0.2) is 0 Å². The summed E-state index contributed by atoms with van der Waals surface area (Å²) in [7, 11) is 1.54. The van der Waals surface area contributed by atoms with Crippen molar-refractivity contribution in [1.82, 2.24) is 9.96 Å². The summed E-state index contributed by atoms with van der Waals surface area (Å²) in [4.78, 5) is 31.9. The molecule has 2 aliphatic heterocycles. The maximum Gasteiger partial charge on any atom is 0.252 e. The van der Waals surface area contributed by atoms with Crippen molar-refractivity contribution in [3.8, 4) is 5.75 Å². The van der Waals surface area contributed by atoms with Gasteiger partial charge < -0.3 is 15.3 Å². The van der Waals surface area contributed by atoms with Crippen LogP contribution in [0.2, 0.25) is 0 Å². The van der Waals surface area contributed by atoms with E-state index in [1.807, 2.05) is 12.3 Å². The van der Waals surface area contributed by atoms with E-state index in [-0.39, 0.29) is 18.4 Å². The Kier molecular flexibility index (Phi) is 3.84. The summed E-state index contributed by atoms with van der Waals surface area (Å²) in [6.07, 6.45) is 0.746. The van der Waals surface area contributed by atoms with Gasteiger partial charge in [0.1, 0.15) is 5.54 Å². The lowest BCUT2D eigenvalue weighted by Gasteiger charge is -2.42. The minimum Gasteiger partial charge on any atom is -0.403 e. The molecule has 0 spiro atoms. The van der Waals surface area contributed by atoms with Gasteiger partial charge in [-0.2, -0.15) is 0 Å². The average molecular weight is 325 g/mol. The molecule has 0 saturated carbocycles. The van der Waals surface area contributed by atoms with Gasteiger partial charge in [0.15, 0.2) is 5.75 Å². The van der Waals surface area contributed by atoms with Crippen LogP contribution in [0.4, 0.5) is 5.00 Å². The van der Waals surface area contributed by atoms with Gasteiger partial charge in [-0.05, 0) is 13.3 Å². The van der Waals surface area contributed by atoms with E-state index in [9.17, 15) is 9.59 Å².